The number of rotatable bonds is 5. The lowest BCUT2D eigenvalue weighted by Gasteiger charge is -2.31. The monoisotopic (exact) mass is 857 g/mol. The minimum atomic E-state index is -0.516. The SMILES string of the molecule is CC1(C)c2ccccc2-c2ccc(N(c3ccc(-c4ccccc4)cc3)c3ccc(-c4ccc5c(c4)-c4cc6c(cc4C54c5ccccc5-c5ccccc54)Oc4ccccc4O6)cc3)cc21. The van der Waals surface area contributed by atoms with E-state index in [1.807, 2.05) is 24.3 Å². The number of fused-ring (bicyclic) bond motifs is 15. The highest BCUT2D eigenvalue weighted by atomic mass is 16.6. The van der Waals surface area contributed by atoms with E-state index in [-0.39, 0.29) is 5.41 Å². The molecule has 3 aliphatic carbocycles. The first-order valence-electron chi connectivity index (χ1n) is 23.2. The first kappa shape index (κ1) is 37.9. The third kappa shape index (κ3) is 5.40. The van der Waals surface area contributed by atoms with Gasteiger partial charge in [0.05, 0.1) is 5.41 Å². The summed E-state index contributed by atoms with van der Waals surface area (Å²) in [6.45, 7) is 4.70. The number of nitrogens with zero attached hydrogens (tertiary/aromatic N) is 1. The standard InChI is InChI=1S/C64H43NO2/c1-63(2)53-19-9-6-16-47(53)50-34-33-46(37-57(50)63)65(44-29-24-41(25-30-44)40-14-4-3-5-15-40)45-31-26-42(27-32-45)43-28-35-56-51(36-43)52-38-61-62(67-60-23-13-12-22-59(60)66-61)39-58(52)64(56)54-20-10-7-17-48(54)49-18-8-11-21-55(49)64/h3-39H,1-2H3. The number of hydrogen-bond acceptors (Lipinski definition) is 3. The van der Waals surface area contributed by atoms with Gasteiger partial charge < -0.3 is 14.4 Å². The van der Waals surface area contributed by atoms with Gasteiger partial charge in [-0.2, -0.15) is 0 Å². The fourth-order valence-electron chi connectivity index (χ4n) is 11.9. The third-order valence-electron chi connectivity index (χ3n) is 15.0. The lowest BCUT2D eigenvalue weighted by molar-refractivity contribution is 0.359. The Morgan fingerprint density at radius 1 is 0.284 bits per heavy atom. The van der Waals surface area contributed by atoms with E-state index in [0.717, 1.165) is 56.8 Å². The average molecular weight is 858 g/mol. The maximum atomic E-state index is 6.61. The highest BCUT2D eigenvalue weighted by molar-refractivity contribution is 5.97. The zero-order chi connectivity index (χ0) is 44.4. The van der Waals surface area contributed by atoms with Crippen LogP contribution in [0.1, 0.15) is 47.2 Å². The summed E-state index contributed by atoms with van der Waals surface area (Å²) in [5.41, 5.74) is 22.7. The molecular formula is C64H43NO2. The Labute approximate surface area is 390 Å². The lowest BCUT2D eigenvalue weighted by atomic mass is 9.70. The van der Waals surface area contributed by atoms with Crippen LogP contribution in [0.3, 0.4) is 0 Å². The first-order valence-corrected chi connectivity index (χ1v) is 23.2. The van der Waals surface area contributed by atoms with Crippen molar-refractivity contribution in [3.8, 4) is 78.6 Å². The molecule has 0 saturated carbocycles. The van der Waals surface area contributed by atoms with Gasteiger partial charge in [-0.05, 0) is 156 Å². The van der Waals surface area contributed by atoms with Crippen molar-refractivity contribution in [1.29, 1.82) is 0 Å². The molecule has 0 radical (unpaired) electrons. The van der Waals surface area contributed by atoms with Crippen LogP contribution in [-0.2, 0) is 10.8 Å². The van der Waals surface area contributed by atoms with Gasteiger partial charge in [-0.3, -0.25) is 0 Å². The predicted octanol–water partition coefficient (Wildman–Crippen LogP) is 17.0. The predicted molar refractivity (Wildman–Crippen MR) is 272 cm³/mol. The van der Waals surface area contributed by atoms with Crippen molar-refractivity contribution in [1.82, 2.24) is 0 Å². The van der Waals surface area contributed by atoms with Crippen molar-refractivity contribution in [2.24, 2.45) is 0 Å². The Morgan fingerprint density at radius 2 is 0.731 bits per heavy atom. The zero-order valence-electron chi connectivity index (χ0n) is 37.1. The van der Waals surface area contributed by atoms with Crippen molar-refractivity contribution in [3.05, 3.63) is 258 Å². The van der Waals surface area contributed by atoms with E-state index in [9.17, 15) is 0 Å². The summed E-state index contributed by atoms with van der Waals surface area (Å²) in [6.07, 6.45) is 0. The quantitative estimate of drug-likeness (QED) is 0.172. The second-order valence-corrected chi connectivity index (χ2v) is 18.8. The molecule has 0 N–H and O–H groups in total. The van der Waals surface area contributed by atoms with Gasteiger partial charge in [0.1, 0.15) is 0 Å². The molecule has 10 aromatic carbocycles. The van der Waals surface area contributed by atoms with Crippen LogP contribution < -0.4 is 14.4 Å². The minimum Gasteiger partial charge on any atom is -0.450 e. The molecule has 67 heavy (non-hydrogen) atoms. The summed E-state index contributed by atoms with van der Waals surface area (Å²) < 4.78 is 13.2. The van der Waals surface area contributed by atoms with E-state index in [4.69, 9.17) is 9.47 Å². The molecular weight excluding hydrogens is 815 g/mol. The van der Waals surface area contributed by atoms with Crippen LogP contribution in [0, 0.1) is 0 Å². The lowest BCUT2D eigenvalue weighted by Crippen LogP contribution is -2.26. The molecule has 1 heterocycles. The van der Waals surface area contributed by atoms with Crippen molar-refractivity contribution >= 4 is 17.1 Å². The number of para-hydroxylation sites is 2. The molecule has 10 aromatic rings. The van der Waals surface area contributed by atoms with Gasteiger partial charge in [0.15, 0.2) is 23.0 Å². The van der Waals surface area contributed by atoms with Gasteiger partial charge in [-0.25, -0.2) is 0 Å². The topological polar surface area (TPSA) is 21.7 Å². The van der Waals surface area contributed by atoms with E-state index in [1.165, 1.54) is 72.3 Å². The molecule has 3 nitrogen and oxygen atoms in total. The number of hydrogen-bond donors (Lipinski definition) is 0. The number of anilines is 3. The molecule has 1 aliphatic heterocycles. The molecule has 3 heteroatoms. The van der Waals surface area contributed by atoms with Gasteiger partial charge in [-0.15, -0.1) is 0 Å². The second kappa shape index (κ2) is 14.1. The molecule has 4 aliphatic rings. The highest BCUT2D eigenvalue weighted by Gasteiger charge is 2.52. The van der Waals surface area contributed by atoms with Crippen LogP contribution in [0.25, 0.3) is 55.6 Å². The molecule has 0 amide bonds. The normalized spacial score (nSPS) is 14.3. The molecule has 0 unspecified atom stereocenters. The van der Waals surface area contributed by atoms with Gasteiger partial charge in [-0.1, -0.05) is 172 Å². The minimum absolute atomic E-state index is 0.120. The van der Waals surface area contributed by atoms with E-state index >= 15 is 0 Å². The van der Waals surface area contributed by atoms with Gasteiger partial charge in [0.25, 0.3) is 0 Å². The Kier molecular flexibility index (Phi) is 7.95. The largest absolute Gasteiger partial charge is 0.450 e. The van der Waals surface area contributed by atoms with Crippen LogP contribution in [0.15, 0.2) is 224 Å². The Bertz CT molecular complexity index is 3610. The zero-order valence-corrected chi connectivity index (χ0v) is 37.1. The molecule has 0 fully saturated rings. The maximum absolute atomic E-state index is 6.61. The van der Waals surface area contributed by atoms with Crippen LogP contribution in [0.4, 0.5) is 17.1 Å². The van der Waals surface area contributed by atoms with Crippen molar-refractivity contribution in [2.45, 2.75) is 24.7 Å². The van der Waals surface area contributed by atoms with Crippen molar-refractivity contribution in [3.63, 3.8) is 0 Å². The molecule has 14 rings (SSSR count). The molecule has 0 atom stereocenters. The first-order chi connectivity index (χ1) is 32.9. The average Bonchev–Trinajstić information content (AvgIpc) is 3.93. The molecule has 1 spiro atoms. The van der Waals surface area contributed by atoms with E-state index < -0.39 is 5.41 Å². The van der Waals surface area contributed by atoms with Crippen LogP contribution in [0.5, 0.6) is 23.0 Å². The maximum Gasteiger partial charge on any atom is 0.170 e. The molecule has 0 bridgehead atoms. The Balaban J connectivity index is 0.900. The van der Waals surface area contributed by atoms with Gasteiger partial charge >= 0.3 is 0 Å². The summed E-state index contributed by atoms with van der Waals surface area (Å²) in [5.74, 6) is 2.91. The van der Waals surface area contributed by atoms with Crippen molar-refractivity contribution < 1.29 is 9.47 Å². The van der Waals surface area contributed by atoms with Crippen LogP contribution in [0.2, 0.25) is 0 Å². The third-order valence-corrected chi connectivity index (χ3v) is 15.0. The van der Waals surface area contributed by atoms with E-state index in [0.29, 0.717) is 0 Å². The van der Waals surface area contributed by atoms with Crippen LogP contribution >= 0.6 is 0 Å². The second-order valence-electron chi connectivity index (χ2n) is 18.8. The van der Waals surface area contributed by atoms with Crippen molar-refractivity contribution in [2.75, 3.05) is 4.90 Å². The fourth-order valence-corrected chi connectivity index (χ4v) is 11.9. The summed E-state index contributed by atoms with van der Waals surface area (Å²) in [5, 5.41) is 0. The summed E-state index contributed by atoms with van der Waals surface area (Å²) in [4.78, 5) is 2.40. The number of ether oxygens (including phenoxy) is 2. The van der Waals surface area contributed by atoms with E-state index in [1.54, 1.807) is 0 Å². The fraction of sp³-hybridized carbons (Fsp3) is 0.0625. The summed E-state index contributed by atoms with van der Waals surface area (Å²) in [7, 11) is 0. The Hall–Kier alpha value is -8.40. The van der Waals surface area contributed by atoms with Gasteiger partial charge in [0, 0.05) is 22.5 Å². The summed E-state index contributed by atoms with van der Waals surface area (Å²) >= 11 is 0. The molecule has 316 valence electrons. The Morgan fingerprint density at radius 3 is 1.37 bits per heavy atom. The molecule has 0 aromatic heterocycles. The van der Waals surface area contributed by atoms with Gasteiger partial charge in [0.2, 0.25) is 0 Å². The summed E-state index contributed by atoms with van der Waals surface area (Å²) in [6, 6.07) is 81.9. The highest BCUT2D eigenvalue weighted by Crippen LogP contribution is 2.65. The smallest absolute Gasteiger partial charge is 0.170 e. The molecule has 0 saturated heterocycles. The van der Waals surface area contributed by atoms with E-state index in [2.05, 4.69) is 219 Å². The van der Waals surface area contributed by atoms with Crippen LogP contribution in [-0.4, -0.2) is 0 Å². The number of benzene rings is 10.